The number of nitrogens with one attached hydrogen (secondary N) is 1. The van der Waals surface area contributed by atoms with E-state index in [1.165, 1.54) is 11.1 Å². The maximum Gasteiger partial charge on any atom is 0.0471 e. The number of hydrogen-bond donors (Lipinski definition) is 2. The first-order valence-electron chi connectivity index (χ1n) is 5.28. The molecule has 2 nitrogen and oxygen atoms in total. The Hall–Kier alpha value is -0.860. The molecule has 0 radical (unpaired) electrons. The Labute approximate surface area is 86.4 Å². The Morgan fingerprint density at radius 1 is 1.29 bits per heavy atom. The molecule has 0 bridgehead atoms. The minimum atomic E-state index is 0. The minimum absolute atomic E-state index is 0. The Bertz CT molecular complexity index is 299. The average molecular weight is 193 g/mol. The van der Waals surface area contributed by atoms with Crippen LogP contribution in [0.3, 0.4) is 0 Å². The number of hydrogen-bond acceptors (Lipinski definition) is 2. The molecule has 0 spiro atoms. The van der Waals surface area contributed by atoms with Gasteiger partial charge in [0.1, 0.15) is 0 Å². The molecule has 1 saturated heterocycles. The highest BCUT2D eigenvalue weighted by atomic mass is 16.2. The largest absolute Gasteiger partial charge is 0.396 e. The van der Waals surface area contributed by atoms with Gasteiger partial charge in [-0.1, -0.05) is 24.3 Å². The lowest BCUT2D eigenvalue weighted by atomic mass is 9.91. The first kappa shape index (κ1) is 9.69. The van der Waals surface area contributed by atoms with E-state index in [9.17, 15) is 0 Å². The number of aliphatic hydroxyl groups is 1. The van der Waals surface area contributed by atoms with Gasteiger partial charge in [0, 0.05) is 8.03 Å². The van der Waals surface area contributed by atoms with Gasteiger partial charge in [-0.05, 0) is 43.0 Å². The summed E-state index contributed by atoms with van der Waals surface area (Å²) in [7, 11) is 0. The van der Waals surface area contributed by atoms with Crippen LogP contribution in [-0.4, -0.2) is 24.8 Å². The van der Waals surface area contributed by atoms with Crippen molar-refractivity contribution in [3.05, 3.63) is 35.4 Å². The second-order valence-electron chi connectivity index (χ2n) is 3.97. The van der Waals surface area contributed by atoms with E-state index in [-0.39, 0.29) is 8.03 Å². The van der Waals surface area contributed by atoms with Gasteiger partial charge in [0.2, 0.25) is 0 Å². The molecule has 2 rings (SSSR count). The molecular formula is C12H19NO. The molecule has 78 valence electrons. The van der Waals surface area contributed by atoms with Gasteiger partial charge in [-0.3, -0.25) is 0 Å². The Balaban J connectivity index is 0.00000112. The molecule has 1 aromatic rings. The highest BCUT2D eigenvalue weighted by Gasteiger charge is 2.17. The lowest BCUT2D eigenvalue weighted by Crippen LogP contribution is -2.43. The SMILES string of the molecule is OCCc1ccccc1CC1CNC1.[HH]. The van der Waals surface area contributed by atoms with E-state index in [1.54, 1.807) is 0 Å². The predicted octanol–water partition coefficient (Wildman–Crippen LogP) is 1.23. The monoisotopic (exact) mass is 193 g/mol. The van der Waals surface area contributed by atoms with Crippen molar-refractivity contribution in [3.63, 3.8) is 0 Å². The van der Waals surface area contributed by atoms with Crippen molar-refractivity contribution >= 4 is 0 Å². The van der Waals surface area contributed by atoms with Gasteiger partial charge in [-0.25, -0.2) is 0 Å². The van der Waals surface area contributed by atoms with E-state index in [0.717, 1.165) is 31.8 Å². The summed E-state index contributed by atoms with van der Waals surface area (Å²) in [5.74, 6) is 0.801. The van der Waals surface area contributed by atoms with Gasteiger partial charge in [0.05, 0.1) is 0 Å². The number of aliphatic hydroxyl groups excluding tert-OH is 1. The molecule has 1 fully saturated rings. The van der Waals surface area contributed by atoms with Crippen molar-refractivity contribution in [2.45, 2.75) is 12.8 Å². The van der Waals surface area contributed by atoms with E-state index in [2.05, 4.69) is 23.5 Å². The van der Waals surface area contributed by atoms with Gasteiger partial charge in [-0.2, -0.15) is 0 Å². The molecule has 2 heteroatoms. The first-order valence-corrected chi connectivity index (χ1v) is 5.28. The maximum absolute atomic E-state index is 8.94. The molecule has 1 aliphatic heterocycles. The summed E-state index contributed by atoms with van der Waals surface area (Å²) in [6, 6.07) is 8.44. The van der Waals surface area contributed by atoms with E-state index < -0.39 is 0 Å². The minimum Gasteiger partial charge on any atom is -0.396 e. The Morgan fingerprint density at radius 2 is 2.00 bits per heavy atom. The molecule has 2 N–H and O–H groups in total. The quantitative estimate of drug-likeness (QED) is 0.754. The van der Waals surface area contributed by atoms with Crippen molar-refractivity contribution in [2.24, 2.45) is 5.92 Å². The second kappa shape index (κ2) is 4.58. The van der Waals surface area contributed by atoms with Crippen LogP contribution in [0.2, 0.25) is 0 Å². The molecule has 0 unspecified atom stereocenters. The fourth-order valence-electron chi connectivity index (χ4n) is 1.92. The molecule has 0 atom stereocenters. The van der Waals surface area contributed by atoms with Crippen LogP contribution in [0, 0.1) is 5.92 Å². The lowest BCUT2D eigenvalue weighted by molar-refractivity contribution is 0.298. The molecule has 0 aromatic heterocycles. The standard InChI is InChI=1S/C12H17NO.H2/c14-6-5-11-3-1-2-4-12(11)7-10-8-13-9-10;/h1-4,10,13-14H,5-9H2;1H. The number of rotatable bonds is 4. The van der Waals surface area contributed by atoms with Crippen LogP contribution >= 0.6 is 0 Å². The van der Waals surface area contributed by atoms with E-state index >= 15 is 0 Å². The maximum atomic E-state index is 8.94. The average Bonchev–Trinajstić information content (AvgIpc) is 2.14. The predicted molar refractivity (Wildman–Crippen MR) is 59.4 cm³/mol. The molecule has 0 amide bonds. The van der Waals surface area contributed by atoms with Crippen LogP contribution in [0.4, 0.5) is 0 Å². The summed E-state index contributed by atoms with van der Waals surface area (Å²) in [5, 5.41) is 12.2. The van der Waals surface area contributed by atoms with E-state index in [0.29, 0.717) is 0 Å². The van der Waals surface area contributed by atoms with Crippen LogP contribution in [-0.2, 0) is 12.8 Å². The van der Waals surface area contributed by atoms with Crippen LogP contribution in [0.15, 0.2) is 24.3 Å². The van der Waals surface area contributed by atoms with Crippen molar-refractivity contribution in [1.29, 1.82) is 0 Å². The molecule has 1 heterocycles. The third-order valence-electron chi connectivity index (χ3n) is 2.87. The number of benzene rings is 1. The van der Waals surface area contributed by atoms with E-state index in [4.69, 9.17) is 5.11 Å². The third-order valence-corrected chi connectivity index (χ3v) is 2.87. The van der Waals surface area contributed by atoms with E-state index in [1.807, 2.05) is 6.07 Å². The normalized spacial score (nSPS) is 16.6. The van der Waals surface area contributed by atoms with Crippen molar-refractivity contribution in [2.75, 3.05) is 19.7 Å². The summed E-state index contributed by atoms with van der Waals surface area (Å²) in [5.41, 5.74) is 2.72. The van der Waals surface area contributed by atoms with Crippen LogP contribution < -0.4 is 5.32 Å². The molecule has 0 aliphatic carbocycles. The zero-order valence-corrected chi connectivity index (χ0v) is 8.37. The van der Waals surface area contributed by atoms with Gasteiger partial charge < -0.3 is 10.4 Å². The summed E-state index contributed by atoms with van der Waals surface area (Å²) in [6.07, 6.45) is 1.94. The summed E-state index contributed by atoms with van der Waals surface area (Å²) in [6.45, 7) is 2.54. The fraction of sp³-hybridized carbons (Fsp3) is 0.500. The highest BCUT2D eigenvalue weighted by molar-refractivity contribution is 5.28. The highest BCUT2D eigenvalue weighted by Crippen LogP contribution is 2.16. The zero-order valence-electron chi connectivity index (χ0n) is 8.37. The van der Waals surface area contributed by atoms with Gasteiger partial charge >= 0.3 is 0 Å². The molecule has 14 heavy (non-hydrogen) atoms. The van der Waals surface area contributed by atoms with Gasteiger partial charge in [0.15, 0.2) is 0 Å². The molecule has 1 aromatic carbocycles. The third kappa shape index (κ3) is 2.14. The lowest BCUT2D eigenvalue weighted by Gasteiger charge is -2.27. The summed E-state index contributed by atoms with van der Waals surface area (Å²) in [4.78, 5) is 0. The zero-order chi connectivity index (χ0) is 9.80. The van der Waals surface area contributed by atoms with Gasteiger partial charge in [0.25, 0.3) is 0 Å². The Morgan fingerprint density at radius 3 is 2.57 bits per heavy atom. The second-order valence-corrected chi connectivity index (χ2v) is 3.97. The molecular weight excluding hydrogens is 174 g/mol. The Kier molecular flexibility index (Phi) is 3.17. The van der Waals surface area contributed by atoms with Crippen molar-refractivity contribution < 1.29 is 6.53 Å². The fourth-order valence-corrected chi connectivity index (χ4v) is 1.92. The summed E-state index contributed by atoms with van der Waals surface area (Å²) < 4.78 is 0. The smallest absolute Gasteiger partial charge is 0.0471 e. The van der Waals surface area contributed by atoms with Crippen molar-refractivity contribution in [1.82, 2.24) is 5.32 Å². The summed E-state index contributed by atoms with van der Waals surface area (Å²) >= 11 is 0. The van der Waals surface area contributed by atoms with Crippen LogP contribution in [0.25, 0.3) is 0 Å². The van der Waals surface area contributed by atoms with Crippen LogP contribution in [0.5, 0.6) is 0 Å². The van der Waals surface area contributed by atoms with Crippen LogP contribution in [0.1, 0.15) is 12.6 Å². The van der Waals surface area contributed by atoms with Crippen molar-refractivity contribution in [3.8, 4) is 0 Å². The molecule has 1 aliphatic rings. The van der Waals surface area contributed by atoms with Gasteiger partial charge in [-0.15, -0.1) is 0 Å². The first-order chi connectivity index (χ1) is 6.90. The molecule has 0 saturated carbocycles. The topological polar surface area (TPSA) is 32.3 Å².